The zero-order chi connectivity index (χ0) is 18.4. The van der Waals surface area contributed by atoms with Crippen molar-refractivity contribution in [2.75, 3.05) is 6.79 Å². The monoisotopic (exact) mass is 401 g/mol. The molecule has 6 nitrogen and oxygen atoms in total. The molecule has 0 bridgehead atoms. The maximum absolute atomic E-state index is 13.0. The summed E-state index contributed by atoms with van der Waals surface area (Å²) >= 11 is 7.82. The van der Waals surface area contributed by atoms with Crippen LogP contribution >= 0.6 is 22.9 Å². The van der Waals surface area contributed by atoms with Crippen LogP contribution < -0.4 is 10.3 Å². The van der Waals surface area contributed by atoms with Crippen molar-refractivity contribution >= 4 is 39.4 Å². The fourth-order valence-electron chi connectivity index (χ4n) is 3.65. The highest BCUT2D eigenvalue weighted by Crippen LogP contribution is 2.33. The Kier molecular flexibility index (Phi) is 4.22. The first-order chi connectivity index (χ1) is 13.2. The quantitative estimate of drug-likeness (QED) is 0.613. The molecule has 0 atom stereocenters. The Labute approximate surface area is 164 Å². The highest BCUT2D eigenvalue weighted by atomic mass is 35.5. The number of ether oxygens (including phenoxy) is 2. The van der Waals surface area contributed by atoms with Crippen molar-refractivity contribution in [2.24, 2.45) is 5.10 Å². The molecule has 1 aromatic carbocycles. The number of aromatic nitrogens is 2. The molecule has 0 radical (unpaired) electrons. The molecule has 2 aliphatic rings. The van der Waals surface area contributed by atoms with Gasteiger partial charge >= 0.3 is 0 Å². The van der Waals surface area contributed by atoms with E-state index in [0.717, 1.165) is 35.2 Å². The Morgan fingerprint density at radius 1 is 1.30 bits per heavy atom. The summed E-state index contributed by atoms with van der Waals surface area (Å²) in [5.41, 5.74) is 2.60. The number of hydrogen-bond acceptors (Lipinski definition) is 6. The first-order valence-corrected chi connectivity index (χ1v) is 9.99. The van der Waals surface area contributed by atoms with Crippen LogP contribution in [0.15, 0.2) is 28.4 Å². The van der Waals surface area contributed by atoms with Gasteiger partial charge in [-0.15, -0.1) is 11.3 Å². The fraction of sp³-hybridized carbons (Fsp3) is 0.316. The normalized spacial score (nSPS) is 16.3. The Morgan fingerprint density at radius 3 is 3.11 bits per heavy atom. The molecule has 0 saturated heterocycles. The van der Waals surface area contributed by atoms with Crippen molar-refractivity contribution in [3.63, 3.8) is 0 Å². The molecule has 0 unspecified atom stereocenters. The zero-order valence-electron chi connectivity index (χ0n) is 14.4. The molecule has 3 heterocycles. The number of nitrogens with zero attached hydrogens (tertiary/aromatic N) is 3. The van der Waals surface area contributed by atoms with Crippen molar-refractivity contribution in [3.8, 4) is 5.75 Å². The molecule has 1 aliphatic heterocycles. The van der Waals surface area contributed by atoms with E-state index >= 15 is 0 Å². The SMILES string of the molecule is O=c1c2c3c(sc2ncn1N=Cc1cc(Cl)cc2c1OCOC2)CCCC3. The van der Waals surface area contributed by atoms with E-state index in [0.29, 0.717) is 28.3 Å². The van der Waals surface area contributed by atoms with Crippen LogP contribution in [0, 0.1) is 0 Å². The van der Waals surface area contributed by atoms with E-state index in [1.54, 1.807) is 23.6 Å². The number of thiophene rings is 1. The molecule has 27 heavy (non-hydrogen) atoms. The fourth-order valence-corrected chi connectivity index (χ4v) is 5.12. The van der Waals surface area contributed by atoms with E-state index < -0.39 is 0 Å². The zero-order valence-corrected chi connectivity index (χ0v) is 16.0. The molecular weight excluding hydrogens is 386 g/mol. The van der Waals surface area contributed by atoms with Crippen LogP contribution in [0.2, 0.25) is 5.02 Å². The number of fused-ring (bicyclic) bond motifs is 4. The molecule has 5 rings (SSSR count). The summed E-state index contributed by atoms with van der Waals surface area (Å²) < 4.78 is 12.2. The molecule has 0 spiro atoms. The average molecular weight is 402 g/mol. The van der Waals surface area contributed by atoms with Crippen LogP contribution in [-0.4, -0.2) is 22.7 Å². The number of halogens is 1. The molecule has 138 valence electrons. The second-order valence-electron chi connectivity index (χ2n) is 6.62. The standard InChI is InChI=1S/C19H16ClN3O3S/c20-13-5-11(17-12(6-13)8-25-10-26-17)7-22-23-9-21-18-16(19(23)24)14-3-1-2-4-15(14)27-18/h5-7,9H,1-4,8,10H2. The van der Waals surface area contributed by atoms with Gasteiger partial charge in [0.05, 0.1) is 18.2 Å². The molecule has 0 saturated carbocycles. The topological polar surface area (TPSA) is 65.7 Å². The van der Waals surface area contributed by atoms with Crippen LogP contribution in [0.3, 0.4) is 0 Å². The van der Waals surface area contributed by atoms with Gasteiger partial charge in [-0.05, 0) is 43.4 Å². The van der Waals surface area contributed by atoms with Crippen LogP contribution in [-0.2, 0) is 24.2 Å². The summed E-state index contributed by atoms with van der Waals surface area (Å²) in [5, 5.41) is 5.63. The molecular formula is C19H16ClN3O3S. The third kappa shape index (κ3) is 2.96. The highest BCUT2D eigenvalue weighted by molar-refractivity contribution is 7.18. The van der Waals surface area contributed by atoms with Crippen molar-refractivity contribution < 1.29 is 9.47 Å². The summed E-state index contributed by atoms with van der Waals surface area (Å²) in [6.07, 6.45) is 7.33. The lowest BCUT2D eigenvalue weighted by atomic mass is 9.97. The van der Waals surface area contributed by atoms with E-state index in [-0.39, 0.29) is 12.4 Å². The molecule has 0 fully saturated rings. The minimum Gasteiger partial charge on any atom is -0.466 e. The lowest BCUT2D eigenvalue weighted by Gasteiger charge is -2.19. The Morgan fingerprint density at radius 2 is 2.19 bits per heavy atom. The maximum Gasteiger partial charge on any atom is 0.282 e. The largest absolute Gasteiger partial charge is 0.466 e. The number of aryl methyl sites for hydroxylation is 2. The van der Waals surface area contributed by atoms with Crippen molar-refractivity contribution in [3.05, 3.63) is 55.4 Å². The van der Waals surface area contributed by atoms with Gasteiger partial charge in [0, 0.05) is 21.0 Å². The summed E-state index contributed by atoms with van der Waals surface area (Å²) in [4.78, 5) is 19.5. The number of hydrogen-bond donors (Lipinski definition) is 0. The number of benzene rings is 1. The van der Waals surface area contributed by atoms with Crippen LogP contribution in [0.25, 0.3) is 10.2 Å². The predicted octanol–water partition coefficient (Wildman–Crippen LogP) is 3.74. The number of rotatable bonds is 2. The summed E-state index contributed by atoms with van der Waals surface area (Å²) in [7, 11) is 0. The van der Waals surface area contributed by atoms with Crippen molar-refractivity contribution in [1.82, 2.24) is 9.66 Å². The molecule has 0 amide bonds. The second kappa shape index (κ2) is 6.74. The summed E-state index contributed by atoms with van der Waals surface area (Å²) in [6, 6.07) is 3.57. The van der Waals surface area contributed by atoms with Crippen LogP contribution in [0.4, 0.5) is 0 Å². The summed E-state index contributed by atoms with van der Waals surface area (Å²) in [5.74, 6) is 0.685. The Hall–Kier alpha value is -2.22. The summed E-state index contributed by atoms with van der Waals surface area (Å²) in [6.45, 7) is 0.620. The first-order valence-electron chi connectivity index (χ1n) is 8.80. The van der Waals surface area contributed by atoms with Gasteiger partial charge in [-0.1, -0.05) is 11.6 Å². The molecule has 8 heteroatoms. The van der Waals surface area contributed by atoms with Crippen LogP contribution in [0.1, 0.15) is 34.4 Å². The van der Waals surface area contributed by atoms with Gasteiger partial charge in [0.2, 0.25) is 0 Å². The third-order valence-corrected chi connectivity index (χ3v) is 6.30. The molecule has 3 aromatic rings. The van der Waals surface area contributed by atoms with Gasteiger partial charge in [0.1, 0.15) is 16.9 Å². The smallest absolute Gasteiger partial charge is 0.282 e. The average Bonchev–Trinajstić information content (AvgIpc) is 3.06. The van der Waals surface area contributed by atoms with E-state index in [2.05, 4.69) is 10.1 Å². The highest BCUT2D eigenvalue weighted by Gasteiger charge is 2.20. The van der Waals surface area contributed by atoms with Gasteiger partial charge in [-0.2, -0.15) is 9.78 Å². The molecule has 1 aliphatic carbocycles. The van der Waals surface area contributed by atoms with Crippen molar-refractivity contribution in [2.45, 2.75) is 32.3 Å². The Balaban J connectivity index is 1.58. The first kappa shape index (κ1) is 16.9. The second-order valence-corrected chi connectivity index (χ2v) is 8.14. The lowest BCUT2D eigenvalue weighted by molar-refractivity contribution is -0.0164. The van der Waals surface area contributed by atoms with E-state index in [4.69, 9.17) is 21.1 Å². The van der Waals surface area contributed by atoms with E-state index in [1.807, 2.05) is 6.07 Å². The van der Waals surface area contributed by atoms with Gasteiger partial charge < -0.3 is 9.47 Å². The predicted molar refractivity (Wildman–Crippen MR) is 105 cm³/mol. The van der Waals surface area contributed by atoms with Gasteiger partial charge in [0.25, 0.3) is 5.56 Å². The Bertz CT molecular complexity index is 1140. The van der Waals surface area contributed by atoms with E-state index in [1.165, 1.54) is 22.3 Å². The lowest BCUT2D eigenvalue weighted by Crippen LogP contribution is -2.18. The van der Waals surface area contributed by atoms with Gasteiger partial charge in [-0.25, -0.2) is 4.98 Å². The maximum atomic E-state index is 13.0. The molecule has 2 aromatic heterocycles. The minimum atomic E-state index is -0.129. The third-order valence-electron chi connectivity index (χ3n) is 4.88. The van der Waals surface area contributed by atoms with Crippen LogP contribution in [0.5, 0.6) is 5.75 Å². The van der Waals surface area contributed by atoms with Gasteiger partial charge in [-0.3, -0.25) is 4.79 Å². The van der Waals surface area contributed by atoms with Gasteiger partial charge in [0.15, 0.2) is 6.79 Å². The molecule has 0 N–H and O–H groups in total. The van der Waals surface area contributed by atoms with E-state index in [9.17, 15) is 4.79 Å². The van der Waals surface area contributed by atoms with Crippen molar-refractivity contribution in [1.29, 1.82) is 0 Å². The minimum absolute atomic E-state index is 0.129.